The van der Waals surface area contributed by atoms with Crippen molar-refractivity contribution in [3.8, 4) is 11.3 Å². The van der Waals surface area contributed by atoms with Crippen LogP contribution >= 0.6 is 0 Å². The van der Waals surface area contributed by atoms with E-state index in [1.165, 1.54) is 6.07 Å². The van der Waals surface area contributed by atoms with Gasteiger partial charge in [-0.25, -0.2) is 0 Å². The van der Waals surface area contributed by atoms with Gasteiger partial charge in [-0.2, -0.15) is 0 Å². The number of carbonyl (C=O) groups is 1. The predicted molar refractivity (Wildman–Crippen MR) is 131 cm³/mol. The fourth-order valence-corrected chi connectivity index (χ4v) is 3.75. The minimum absolute atomic E-state index is 0.0834. The Kier molecular flexibility index (Phi) is 6.08. The highest BCUT2D eigenvalue weighted by Crippen LogP contribution is 2.24. The molecular weight excluding hydrogens is 400 g/mol. The highest BCUT2D eigenvalue weighted by Gasteiger charge is 2.10. The van der Waals surface area contributed by atoms with Gasteiger partial charge in [-0.1, -0.05) is 23.8 Å². The lowest BCUT2D eigenvalue weighted by Crippen LogP contribution is -2.21. The summed E-state index contributed by atoms with van der Waals surface area (Å²) in [5, 5.41) is 3.49. The van der Waals surface area contributed by atoms with E-state index in [1.807, 2.05) is 49.4 Å². The molecule has 5 nitrogen and oxygen atoms in total. The van der Waals surface area contributed by atoms with Gasteiger partial charge in [-0.05, 0) is 69.3 Å². The van der Waals surface area contributed by atoms with Gasteiger partial charge in [0.05, 0.1) is 5.39 Å². The highest BCUT2D eigenvalue weighted by atomic mass is 16.3. The van der Waals surface area contributed by atoms with Crippen LogP contribution in [0.4, 0.5) is 11.4 Å². The van der Waals surface area contributed by atoms with E-state index >= 15 is 0 Å². The van der Waals surface area contributed by atoms with Crippen molar-refractivity contribution in [1.29, 1.82) is 0 Å². The van der Waals surface area contributed by atoms with Gasteiger partial charge < -0.3 is 14.6 Å². The zero-order chi connectivity index (χ0) is 22.7. The number of hydrogen-bond acceptors (Lipinski definition) is 4. The van der Waals surface area contributed by atoms with Crippen LogP contribution in [0.3, 0.4) is 0 Å². The Hall–Kier alpha value is -3.86. The van der Waals surface area contributed by atoms with Gasteiger partial charge in [0, 0.05) is 41.7 Å². The third kappa shape index (κ3) is 4.42. The number of fused-ring (bicyclic) bond motifs is 1. The molecule has 0 radical (unpaired) electrons. The quantitative estimate of drug-likeness (QED) is 0.419. The Labute approximate surface area is 187 Å². The van der Waals surface area contributed by atoms with Crippen molar-refractivity contribution in [3.05, 3.63) is 94.1 Å². The third-order valence-electron chi connectivity index (χ3n) is 5.57. The van der Waals surface area contributed by atoms with Crippen molar-refractivity contribution in [2.45, 2.75) is 20.8 Å². The summed E-state index contributed by atoms with van der Waals surface area (Å²) < 4.78 is 5.92. The first-order valence-electron chi connectivity index (χ1n) is 10.8. The molecule has 4 rings (SSSR count). The van der Waals surface area contributed by atoms with Gasteiger partial charge in [0.15, 0.2) is 5.43 Å². The second-order valence-corrected chi connectivity index (χ2v) is 7.73. The van der Waals surface area contributed by atoms with E-state index in [-0.39, 0.29) is 11.3 Å². The van der Waals surface area contributed by atoms with Gasteiger partial charge in [-0.3, -0.25) is 9.59 Å². The summed E-state index contributed by atoms with van der Waals surface area (Å²) in [6.07, 6.45) is 0. The lowest BCUT2D eigenvalue weighted by atomic mass is 10.1. The number of anilines is 2. The maximum Gasteiger partial charge on any atom is 0.255 e. The molecule has 5 heteroatoms. The van der Waals surface area contributed by atoms with Gasteiger partial charge >= 0.3 is 0 Å². The standard InChI is InChI=1S/C27H26N2O3/c1-4-29(5-2)22-13-11-21(12-14-22)28-27(31)20-9-7-19(8-10-20)26-17-24(30)23-16-18(3)6-15-25(23)32-26/h6-17H,4-5H2,1-3H3,(H,28,31). The molecule has 0 saturated heterocycles. The van der Waals surface area contributed by atoms with E-state index < -0.39 is 0 Å². The number of aryl methyl sites for hydroxylation is 1. The molecule has 0 aliphatic heterocycles. The SMILES string of the molecule is CCN(CC)c1ccc(NC(=O)c2ccc(-c3cc(=O)c4cc(C)ccc4o3)cc2)cc1. The Bertz CT molecular complexity index is 1300. The van der Waals surface area contributed by atoms with Crippen LogP contribution in [-0.2, 0) is 0 Å². The second-order valence-electron chi connectivity index (χ2n) is 7.73. The van der Waals surface area contributed by atoms with E-state index in [4.69, 9.17) is 4.42 Å². The van der Waals surface area contributed by atoms with Crippen LogP contribution < -0.4 is 15.6 Å². The molecule has 0 aliphatic carbocycles. The summed E-state index contributed by atoms with van der Waals surface area (Å²) in [6, 6.07) is 21.9. The van der Waals surface area contributed by atoms with E-state index in [0.717, 1.165) is 35.6 Å². The normalized spacial score (nSPS) is 10.8. The molecule has 0 atom stereocenters. The Morgan fingerprint density at radius 2 is 1.59 bits per heavy atom. The number of nitrogens with zero attached hydrogens (tertiary/aromatic N) is 1. The lowest BCUT2D eigenvalue weighted by Gasteiger charge is -2.21. The predicted octanol–water partition coefficient (Wildman–Crippen LogP) is 5.87. The Morgan fingerprint density at radius 3 is 2.25 bits per heavy atom. The van der Waals surface area contributed by atoms with Crippen LogP contribution in [0.15, 0.2) is 82.0 Å². The first-order valence-corrected chi connectivity index (χ1v) is 10.8. The number of carbonyl (C=O) groups excluding carboxylic acids is 1. The number of hydrogen-bond donors (Lipinski definition) is 1. The summed E-state index contributed by atoms with van der Waals surface area (Å²) >= 11 is 0. The first kappa shape index (κ1) is 21.4. The molecule has 0 bridgehead atoms. The lowest BCUT2D eigenvalue weighted by molar-refractivity contribution is 0.102. The molecule has 0 spiro atoms. The highest BCUT2D eigenvalue weighted by molar-refractivity contribution is 6.04. The van der Waals surface area contributed by atoms with Crippen molar-refractivity contribution < 1.29 is 9.21 Å². The van der Waals surface area contributed by atoms with Crippen molar-refractivity contribution >= 4 is 28.3 Å². The molecular formula is C27H26N2O3. The van der Waals surface area contributed by atoms with Crippen molar-refractivity contribution in [2.24, 2.45) is 0 Å². The van der Waals surface area contributed by atoms with Gasteiger partial charge in [0.25, 0.3) is 5.91 Å². The number of benzene rings is 3. The monoisotopic (exact) mass is 426 g/mol. The largest absolute Gasteiger partial charge is 0.456 e. The minimum atomic E-state index is -0.192. The van der Waals surface area contributed by atoms with Crippen molar-refractivity contribution in [3.63, 3.8) is 0 Å². The molecule has 0 fully saturated rings. The maximum absolute atomic E-state index is 12.7. The molecule has 4 aromatic rings. The maximum atomic E-state index is 12.7. The van der Waals surface area contributed by atoms with Crippen molar-refractivity contribution in [2.75, 3.05) is 23.3 Å². The second kappa shape index (κ2) is 9.10. The fourth-order valence-electron chi connectivity index (χ4n) is 3.75. The molecule has 162 valence electrons. The number of nitrogens with one attached hydrogen (secondary N) is 1. The molecule has 1 aromatic heterocycles. The zero-order valence-electron chi connectivity index (χ0n) is 18.5. The first-order chi connectivity index (χ1) is 15.5. The summed E-state index contributed by atoms with van der Waals surface area (Å²) in [7, 11) is 0. The summed E-state index contributed by atoms with van der Waals surface area (Å²) in [6.45, 7) is 8.05. The van der Waals surface area contributed by atoms with Crippen LogP contribution in [0.25, 0.3) is 22.3 Å². The van der Waals surface area contributed by atoms with Crippen LogP contribution in [0.5, 0.6) is 0 Å². The Morgan fingerprint density at radius 1 is 0.906 bits per heavy atom. The number of amides is 1. The van der Waals surface area contributed by atoms with E-state index in [9.17, 15) is 9.59 Å². The summed E-state index contributed by atoms with van der Waals surface area (Å²) in [4.78, 5) is 27.4. The number of rotatable bonds is 6. The van der Waals surface area contributed by atoms with Crippen LogP contribution in [-0.4, -0.2) is 19.0 Å². The summed E-state index contributed by atoms with van der Waals surface area (Å²) in [5.41, 5.74) is 4.61. The third-order valence-corrected chi connectivity index (χ3v) is 5.57. The molecule has 1 heterocycles. The molecule has 0 aliphatic rings. The molecule has 3 aromatic carbocycles. The molecule has 1 amide bonds. The molecule has 0 saturated carbocycles. The van der Waals surface area contributed by atoms with Crippen LogP contribution in [0, 0.1) is 6.92 Å². The topological polar surface area (TPSA) is 62.6 Å². The van der Waals surface area contributed by atoms with E-state index in [1.54, 1.807) is 24.3 Å². The van der Waals surface area contributed by atoms with Crippen LogP contribution in [0.1, 0.15) is 29.8 Å². The molecule has 1 N–H and O–H groups in total. The van der Waals surface area contributed by atoms with Gasteiger partial charge in [0.1, 0.15) is 11.3 Å². The van der Waals surface area contributed by atoms with Crippen LogP contribution in [0.2, 0.25) is 0 Å². The smallest absolute Gasteiger partial charge is 0.255 e. The molecule has 32 heavy (non-hydrogen) atoms. The van der Waals surface area contributed by atoms with Crippen molar-refractivity contribution in [1.82, 2.24) is 0 Å². The fraction of sp³-hybridized carbons (Fsp3) is 0.185. The van der Waals surface area contributed by atoms with Gasteiger partial charge in [0.2, 0.25) is 0 Å². The zero-order valence-corrected chi connectivity index (χ0v) is 18.5. The summed E-state index contributed by atoms with van der Waals surface area (Å²) in [5.74, 6) is 0.285. The average Bonchev–Trinajstić information content (AvgIpc) is 2.81. The molecule has 0 unspecified atom stereocenters. The average molecular weight is 427 g/mol. The van der Waals surface area contributed by atoms with E-state index in [0.29, 0.717) is 22.3 Å². The Balaban J connectivity index is 1.51. The van der Waals surface area contributed by atoms with Gasteiger partial charge in [-0.15, -0.1) is 0 Å². The van der Waals surface area contributed by atoms with E-state index in [2.05, 4.69) is 24.1 Å². The minimum Gasteiger partial charge on any atom is -0.456 e.